The summed E-state index contributed by atoms with van der Waals surface area (Å²) in [6.07, 6.45) is 18.4. The van der Waals surface area contributed by atoms with Crippen molar-refractivity contribution in [1.82, 2.24) is 0 Å². The van der Waals surface area contributed by atoms with Crippen molar-refractivity contribution in [2.45, 2.75) is 108 Å². The Hall–Kier alpha value is -0.228. The molecule has 0 aliphatic heterocycles. The largest absolute Gasteiger partial charge is 0.495 e. The first-order valence-corrected chi connectivity index (χ1v) is 12.6. The van der Waals surface area contributed by atoms with Crippen LogP contribution >= 0.6 is 0 Å². The third-order valence-electron chi connectivity index (χ3n) is 4.80. The highest BCUT2D eigenvalue weighted by Crippen LogP contribution is 2.17. The van der Waals surface area contributed by atoms with Crippen molar-refractivity contribution in [2.24, 2.45) is 0 Å². The highest BCUT2D eigenvalue weighted by atomic mass is 27.2. The number of hydrogen-bond donors (Lipinski definition) is 0. The number of rotatable bonds is 17. The molecule has 0 radical (unpaired) electrons. The lowest BCUT2D eigenvalue weighted by atomic mass is 10.1. The SMILES string of the molecule is CCCCCCC[CH2][Al]([CH2]CCCCCCC)[O]Cc1ccco1. The third kappa shape index (κ3) is 12.2. The molecule has 0 fully saturated rings. The van der Waals surface area contributed by atoms with Crippen molar-refractivity contribution in [1.29, 1.82) is 0 Å². The van der Waals surface area contributed by atoms with Gasteiger partial charge < -0.3 is 8.21 Å². The molecular formula is C21H39AlO2. The second-order valence-corrected chi connectivity index (χ2v) is 9.86. The van der Waals surface area contributed by atoms with E-state index in [-0.39, 0.29) is 0 Å². The highest BCUT2D eigenvalue weighted by Gasteiger charge is 2.20. The van der Waals surface area contributed by atoms with Gasteiger partial charge in [-0.2, -0.15) is 0 Å². The molecule has 24 heavy (non-hydrogen) atoms. The van der Waals surface area contributed by atoms with Crippen LogP contribution in [-0.2, 0) is 10.4 Å². The maximum atomic E-state index is 6.29. The van der Waals surface area contributed by atoms with Gasteiger partial charge in [0.15, 0.2) is 0 Å². The van der Waals surface area contributed by atoms with Crippen molar-refractivity contribution >= 4 is 14.5 Å². The number of hydrogen-bond acceptors (Lipinski definition) is 2. The first-order chi connectivity index (χ1) is 11.9. The average Bonchev–Trinajstić information content (AvgIpc) is 3.11. The molecule has 1 aromatic heterocycles. The van der Waals surface area contributed by atoms with Crippen molar-refractivity contribution in [2.75, 3.05) is 0 Å². The van der Waals surface area contributed by atoms with E-state index in [1.807, 2.05) is 12.1 Å². The van der Waals surface area contributed by atoms with Gasteiger partial charge >= 0.3 is 14.5 Å². The standard InChI is InChI=1S/2C8H17.C5H5O2.Al/c2*1-3-5-7-8-6-4-2;6-4-5-2-1-3-7-5;/h2*1,3-8H2,2H3;1-3H,4H2;/q;;-1;+1. The first-order valence-electron chi connectivity index (χ1n) is 10.5. The zero-order valence-corrected chi connectivity index (χ0v) is 17.4. The number of unbranched alkanes of at least 4 members (excludes halogenated alkanes) is 10. The summed E-state index contributed by atoms with van der Waals surface area (Å²) < 4.78 is 11.7. The minimum atomic E-state index is -1.06. The molecule has 138 valence electrons. The van der Waals surface area contributed by atoms with Crippen LogP contribution in [0.25, 0.3) is 0 Å². The van der Waals surface area contributed by atoms with E-state index in [2.05, 4.69) is 13.8 Å². The fourth-order valence-corrected chi connectivity index (χ4v) is 5.72. The van der Waals surface area contributed by atoms with Gasteiger partial charge in [0.25, 0.3) is 0 Å². The summed E-state index contributed by atoms with van der Waals surface area (Å²) in [6.45, 7) is 5.26. The Morgan fingerprint density at radius 2 is 1.33 bits per heavy atom. The Balaban J connectivity index is 2.16. The molecule has 2 nitrogen and oxygen atoms in total. The van der Waals surface area contributed by atoms with Crippen LogP contribution in [0.4, 0.5) is 0 Å². The predicted octanol–water partition coefficient (Wildman–Crippen LogP) is 7.51. The summed E-state index contributed by atoms with van der Waals surface area (Å²) in [6, 6.07) is 3.98. The summed E-state index contributed by atoms with van der Waals surface area (Å²) in [5, 5.41) is 2.70. The summed E-state index contributed by atoms with van der Waals surface area (Å²) in [5.41, 5.74) is 0. The monoisotopic (exact) mass is 350 g/mol. The molecule has 0 spiro atoms. The Kier molecular flexibility index (Phi) is 14.8. The Morgan fingerprint density at radius 1 is 0.792 bits per heavy atom. The van der Waals surface area contributed by atoms with Gasteiger partial charge in [-0.15, -0.1) is 0 Å². The van der Waals surface area contributed by atoms with E-state index in [1.165, 1.54) is 87.6 Å². The molecule has 3 heteroatoms. The average molecular weight is 351 g/mol. The van der Waals surface area contributed by atoms with Crippen molar-refractivity contribution in [3.8, 4) is 0 Å². The van der Waals surface area contributed by atoms with Crippen LogP contribution in [0.1, 0.15) is 96.7 Å². The second-order valence-electron chi connectivity index (χ2n) is 7.13. The Labute approximate surface area is 155 Å². The van der Waals surface area contributed by atoms with Crippen molar-refractivity contribution in [3.63, 3.8) is 0 Å². The zero-order valence-electron chi connectivity index (χ0n) is 16.2. The van der Waals surface area contributed by atoms with Crippen LogP contribution in [0.3, 0.4) is 0 Å². The van der Waals surface area contributed by atoms with Gasteiger partial charge in [-0.3, -0.25) is 0 Å². The summed E-state index contributed by atoms with van der Waals surface area (Å²) in [4.78, 5) is 0. The van der Waals surface area contributed by atoms with E-state index in [9.17, 15) is 0 Å². The van der Waals surface area contributed by atoms with Crippen molar-refractivity contribution < 1.29 is 8.21 Å². The number of furan rings is 1. The molecule has 0 aromatic carbocycles. The first kappa shape index (κ1) is 21.8. The van der Waals surface area contributed by atoms with E-state index in [0.29, 0.717) is 6.61 Å². The lowest BCUT2D eigenvalue weighted by molar-refractivity contribution is 0.268. The normalized spacial score (nSPS) is 11.1. The maximum absolute atomic E-state index is 6.29. The van der Waals surface area contributed by atoms with E-state index in [4.69, 9.17) is 8.21 Å². The molecule has 0 saturated heterocycles. The highest BCUT2D eigenvalue weighted by molar-refractivity contribution is 6.51. The minimum absolute atomic E-state index is 0.690. The maximum Gasteiger partial charge on any atom is 0.461 e. The van der Waals surface area contributed by atoms with Gasteiger partial charge in [0.1, 0.15) is 5.76 Å². The predicted molar refractivity (Wildman–Crippen MR) is 106 cm³/mol. The quantitative estimate of drug-likeness (QED) is 0.214. The topological polar surface area (TPSA) is 22.4 Å². The fraction of sp³-hybridized carbons (Fsp3) is 0.810. The van der Waals surface area contributed by atoms with E-state index in [1.54, 1.807) is 6.26 Å². The smallest absolute Gasteiger partial charge is 0.461 e. The summed E-state index contributed by atoms with van der Waals surface area (Å²) in [7, 11) is 0. The molecule has 0 unspecified atom stereocenters. The molecule has 0 saturated carbocycles. The van der Waals surface area contributed by atoms with Crippen LogP contribution < -0.4 is 0 Å². The molecule has 0 atom stereocenters. The van der Waals surface area contributed by atoms with E-state index < -0.39 is 14.5 Å². The van der Waals surface area contributed by atoms with Crippen LogP contribution in [0.15, 0.2) is 22.8 Å². The molecule has 1 aromatic rings. The van der Waals surface area contributed by atoms with Crippen LogP contribution in [-0.4, -0.2) is 14.5 Å². The van der Waals surface area contributed by atoms with Gasteiger partial charge in [-0.05, 0) is 12.1 Å². The molecule has 0 N–H and O–H groups in total. The van der Waals surface area contributed by atoms with Crippen molar-refractivity contribution in [3.05, 3.63) is 24.2 Å². The summed E-state index contributed by atoms with van der Waals surface area (Å²) >= 11 is -1.06. The summed E-state index contributed by atoms with van der Waals surface area (Å²) in [5.74, 6) is 0.985. The molecule has 1 rings (SSSR count). The van der Waals surface area contributed by atoms with Gasteiger partial charge in [-0.25, -0.2) is 0 Å². The zero-order chi connectivity index (χ0) is 17.3. The molecular weight excluding hydrogens is 311 g/mol. The van der Waals surface area contributed by atoms with E-state index >= 15 is 0 Å². The fourth-order valence-electron chi connectivity index (χ4n) is 3.21. The van der Waals surface area contributed by atoms with Crippen LogP contribution in [0, 0.1) is 0 Å². The van der Waals surface area contributed by atoms with Crippen LogP contribution in [0.5, 0.6) is 0 Å². The molecule has 0 aliphatic rings. The Bertz CT molecular complexity index is 335. The molecule has 0 bridgehead atoms. The molecule has 0 amide bonds. The van der Waals surface area contributed by atoms with Gasteiger partial charge in [0, 0.05) is 0 Å². The van der Waals surface area contributed by atoms with Crippen LogP contribution in [0.2, 0.25) is 10.6 Å². The van der Waals surface area contributed by atoms with Gasteiger partial charge in [-0.1, -0.05) is 101 Å². The Morgan fingerprint density at radius 3 is 1.83 bits per heavy atom. The third-order valence-corrected chi connectivity index (χ3v) is 7.54. The van der Waals surface area contributed by atoms with Gasteiger partial charge in [0.2, 0.25) is 0 Å². The minimum Gasteiger partial charge on any atom is -0.495 e. The molecule has 0 aliphatic carbocycles. The van der Waals surface area contributed by atoms with E-state index in [0.717, 1.165) is 5.76 Å². The lowest BCUT2D eigenvalue weighted by Crippen LogP contribution is -2.17. The lowest BCUT2D eigenvalue weighted by Gasteiger charge is -2.12. The van der Waals surface area contributed by atoms with Gasteiger partial charge in [0.05, 0.1) is 12.9 Å². The second kappa shape index (κ2) is 16.3. The molecule has 1 heterocycles.